The Kier molecular flexibility index (Phi) is 11.5. The molecule has 0 aromatic heterocycles. The summed E-state index contributed by atoms with van der Waals surface area (Å²) in [5, 5.41) is 6.62. The van der Waals surface area contributed by atoms with E-state index in [0.29, 0.717) is 6.54 Å². The van der Waals surface area contributed by atoms with Crippen molar-refractivity contribution < 1.29 is 4.74 Å². The molecule has 0 amide bonds. The van der Waals surface area contributed by atoms with Crippen molar-refractivity contribution in [2.45, 2.75) is 45.0 Å². The molecule has 0 aromatic carbocycles. The lowest BCUT2D eigenvalue weighted by Gasteiger charge is -2.25. The van der Waals surface area contributed by atoms with Crippen molar-refractivity contribution in [2.75, 3.05) is 33.0 Å². The average molecular weight is 403 g/mol. The molecule has 6 heteroatoms. The Bertz CT molecular complexity index is 271. The minimum atomic E-state index is -0.225. The monoisotopic (exact) mass is 403 g/mol. The first kappa shape index (κ1) is 21.6. The van der Waals surface area contributed by atoms with Crippen molar-refractivity contribution >= 4 is 41.7 Å². The van der Waals surface area contributed by atoms with E-state index >= 15 is 0 Å². The van der Waals surface area contributed by atoms with Gasteiger partial charge in [-0.15, -0.1) is 24.0 Å². The highest BCUT2D eigenvalue weighted by Gasteiger charge is 2.18. The molecule has 0 saturated heterocycles. The van der Waals surface area contributed by atoms with E-state index in [2.05, 4.69) is 42.7 Å². The number of hydrogen-bond acceptors (Lipinski definition) is 3. The van der Waals surface area contributed by atoms with Gasteiger partial charge in [-0.05, 0) is 40.9 Å². The molecule has 0 atom stereocenters. The summed E-state index contributed by atoms with van der Waals surface area (Å²) in [5.41, 5.74) is -0.225. The molecule has 0 saturated carbocycles. The van der Waals surface area contributed by atoms with Crippen molar-refractivity contribution in [3.05, 3.63) is 0 Å². The van der Waals surface area contributed by atoms with Gasteiger partial charge in [0.25, 0.3) is 0 Å². The van der Waals surface area contributed by atoms with Crippen LogP contribution in [0.4, 0.5) is 0 Å². The quantitative estimate of drug-likeness (QED) is 0.390. The summed E-state index contributed by atoms with van der Waals surface area (Å²) in [5.74, 6) is 0.852. The third-order valence-electron chi connectivity index (χ3n) is 2.75. The van der Waals surface area contributed by atoms with Crippen LogP contribution in [0.3, 0.4) is 0 Å². The Morgan fingerprint density at radius 3 is 2.21 bits per heavy atom. The molecule has 116 valence electrons. The lowest BCUT2D eigenvalue weighted by Crippen LogP contribution is -2.44. The van der Waals surface area contributed by atoms with Crippen LogP contribution >= 0.6 is 35.7 Å². The van der Waals surface area contributed by atoms with E-state index in [1.54, 1.807) is 7.11 Å². The number of guanidine groups is 1. The van der Waals surface area contributed by atoms with E-state index in [9.17, 15) is 0 Å². The molecule has 0 spiro atoms. The Morgan fingerprint density at radius 1 is 1.21 bits per heavy atom. The maximum Gasteiger partial charge on any atom is 0.191 e. The van der Waals surface area contributed by atoms with Crippen molar-refractivity contribution in [3.63, 3.8) is 0 Å². The molecule has 2 N–H and O–H groups in total. The first-order chi connectivity index (χ1) is 8.26. The zero-order valence-corrected chi connectivity index (χ0v) is 16.4. The van der Waals surface area contributed by atoms with Crippen LogP contribution in [0.2, 0.25) is 0 Å². The maximum absolute atomic E-state index is 5.37. The van der Waals surface area contributed by atoms with Gasteiger partial charge >= 0.3 is 0 Å². The normalized spacial score (nSPS) is 12.9. The van der Waals surface area contributed by atoms with Gasteiger partial charge in [0.15, 0.2) is 5.96 Å². The van der Waals surface area contributed by atoms with Crippen molar-refractivity contribution in [1.29, 1.82) is 0 Å². The van der Waals surface area contributed by atoms with Gasteiger partial charge in [-0.1, -0.05) is 0 Å². The fourth-order valence-corrected chi connectivity index (χ4v) is 1.26. The summed E-state index contributed by atoms with van der Waals surface area (Å²) in [6.07, 6.45) is 2.12. The second kappa shape index (κ2) is 10.1. The Balaban J connectivity index is 0. The van der Waals surface area contributed by atoms with Crippen LogP contribution in [0.5, 0.6) is 0 Å². The van der Waals surface area contributed by atoms with E-state index in [1.807, 2.05) is 25.6 Å². The number of aliphatic imine (C=N–C) groups is 1. The molecule has 0 aliphatic heterocycles. The van der Waals surface area contributed by atoms with Crippen molar-refractivity contribution in [1.82, 2.24) is 10.6 Å². The second-order valence-corrected chi connectivity index (χ2v) is 6.99. The minimum absolute atomic E-state index is 0. The van der Waals surface area contributed by atoms with Gasteiger partial charge in [-0.25, -0.2) is 0 Å². The van der Waals surface area contributed by atoms with Gasteiger partial charge in [-0.2, -0.15) is 11.8 Å². The van der Waals surface area contributed by atoms with Gasteiger partial charge in [-0.3, -0.25) is 4.99 Å². The second-order valence-electron chi connectivity index (χ2n) is 5.48. The lowest BCUT2D eigenvalue weighted by molar-refractivity contribution is 0.0310. The average Bonchev–Trinajstić information content (AvgIpc) is 2.33. The molecule has 0 fully saturated rings. The molecule has 0 radical (unpaired) electrons. The summed E-state index contributed by atoms with van der Waals surface area (Å²) in [6, 6.07) is 0. The van der Waals surface area contributed by atoms with Gasteiger partial charge in [0, 0.05) is 24.9 Å². The molecule has 19 heavy (non-hydrogen) atoms. The van der Waals surface area contributed by atoms with Crippen molar-refractivity contribution in [3.8, 4) is 0 Å². The van der Waals surface area contributed by atoms with Crippen LogP contribution in [0.15, 0.2) is 4.99 Å². The highest BCUT2D eigenvalue weighted by atomic mass is 127. The van der Waals surface area contributed by atoms with E-state index in [0.717, 1.165) is 19.0 Å². The smallest absolute Gasteiger partial charge is 0.191 e. The predicted molar refractivity (Wildman–Crippen MR) is 98.1 cm³/mol. The number of ether oxygens (including phenoxy) is 1. The summed E-state index contributed by atoms with van der Waals surface area (Å²) >= 11 is 1.85. The van der Waals surface area contributed by atoms with E-state index < -0.39 is 0 Å². The maximum atomic E-state index is 5.37. The summed E-state index contributed by atoms with van der Waals surface area (Å²) in [6.45, 7) is 12.9. The Hall–Kier alpha value is 0.310. The topological polar surface area (TPSA) is 45.7 Å². The Morgan fingerprint density at radius 2 is 1.79 bits per heavy atom. The summed E-state index contributed by atoms with van der Waals surface area (Å²) < 4.78 is 5.57. The molecule has 0 aliphatic rings. The highest BCUT2D eigenvalue weighted by molar-refractivity contribution is 14.0. The molecule has 0 heterocycles. The van der Waals surface area contributed by atoms with E-state index in [-0.39, 0.29) is 34.3 Å². The fourth-order valence-electron chi connectivity index (χ4n) is 1.04. The third kappa shape index (κ3) is 10.7. The molecule has 4 nitrogen and oxygen atoms in total. The first-order valence-corrected chi connectivity index (χ1v) is 7.61. The molecule has 0 unspecified atom stereocenters. The SMILES string of the molecule is CCNC(=NCC(C)(C)OC)NCC(C)(C)SC.I. The standard InChI is InChI=1S/C13H29N3OS.HI/c1-8-14-11(15-9-12(2,3)17-6)16-10-13(4,5)18-7;/h8-10H2,1-7H3,(H2,14,15,16);1H. The van der Waals surface area contributed by atoms with E-state index in [1.165, 1.54) is 0 Å². The molecular weight excluding hydrogens is 373 g/mol. The molecular formula is C13H30IN3OS. The molecule has 0 bridgehead atoms. The van der Waals surface area contributed by atoms with Crippen LogP contribution in [-0.2, 0) is 4.74 Å². The number of halogens is 1. The fraction of sp³-hybridized carbons (Fsp3) is 0.923. The molecule has 0 rings (SSSR count). The number of hydrogen-bond donors (Lipinski definition) is 2. The number of nitrogens with one attached hydrogen (secondary N) is 2. The van der Waals surface area contributed by atoms with Gasteiger partial charge in [0.1, 0.15) is 0 Å². The van der Waals surface area contributed by atoms with Crippen molar-refractivity contribution in [2.24, 2.45) is 4.99 Å². The summed E-state index contributed by atoms with van der Waals surface area (Å²) in [4.78, 5) is 4.55. The van der Waals surface area contributed by atoms with Gasteiger partial charge in [0.05, 0.1) is 12.1 Å². The van der Waals surface area contributed by atoms with Gasteiger partial charge in [0.2, 0.25) is 0 Å². The zero-order valence-electron chi connectivity index (χ0n) is 13.3. The van der Waals surface area contributed by atoms with Gasteiger partial charge < -0.3 is 15.4 Å². The number of rotatable bonds is 7. The minimum Gasteiger partial charge on any atom is -0.377 e. The van der Waals surface area contributed by atoms with E-state index in [4.69, 9.17) is 4.74 Å². The number of thioether (sulfide) groups is 1. The van der Waals surface area contributed by atoms with Crippen LogP contribution < -0.4 is 10.6 Å². The molecule has 0 aromatic rings. The number of methoxy groups -OCH3 is 1. The largest absolute Gasteiger partial charge is 0.377 e. The van der Waals surface area contributed by atoms with Crippen LogP contribution in [0.1, 0.15) is 34.6 Å². The Labute approximate surface area is 139 Å². The zero-order chi connectivity index (χ0) is 14.2. The third-order valence-corrected chi connectivity index (χ3v) is 4.00. The van der Waals surface area contributed by atoms with Crippen LogP contribution in [-0.4, -0.2) is 49.3 Å². The van der Waals surface area contributed by atoms with Crippen LogP contribution in [0.25, 0.3) is 0 Å². The molecule has 0 aliphatic carbocycles. The highest BCUT2D eigenvalue weighted by Crippen LogP contribution is 2.19. The predicted octanol–water partition coefficient (Wildman–Crippen LogP) is 2.73. The number of nitrogens with zero attached hydrogens (tertiary/aromatic N) is 1. The lowest BCUT2D eigenvalue weighted by atomic mass is 10.1. The van der Waals surface area contributed by atoms with Crippen LogP contribution in [0, 0.1) is 0 Å². The first-order valence-electron chi connectivity index (χ1n) is 6.39. The summed E-state index contributed by atoms with van der Waals surface area (Å²) in [7, 11) is 1.71.